The Balaban J connectivity index is 2.55. The molecule has 4 heteroatoms. The summed E-state index contributed by atoms with van der Waals surface area (Å²) < 4.78 is 0. The van der Waals surface area contributed by atoms with Gasteiger partial charge in [0.25, 0.3) is 0 Å². The maximum absolute atomic E-state index is 10.9. The van der Waals surface area contributed by atoms with Crippen LogP contribution in [0.3, 0.4) is 0 Å². The summed E-state index contributed by atoms with van der Waals surface area (Å²) in [6.45, 7) is 1.77. The molecule has 0 amide bonds. The van der Waals surface area contributed by atoms with E-state index in [1.165, 1.54) is 0 Å². The summed E-state index contributed by atoms with van der Waals surface area (Å²) in [7, 11) is 0. The Hall–Kier alpha value is -1.42. The molecule has 0 spiro atoms. The molecule has 1 heterocycles. The van der Waals surface area contributed by atoms with Gasteiger partial charge in [0, 0.05) is 12.4 Å². The van der Waals surface area contributed by atoms with Gasteiger partial charge in [-0.15, -0.1) is 0 Å². The fourth-order valence-corrected chi connectivity index (χ4v) is 1.07. The molecule has 1 atom stereocenters. The molecule has 70 valence electrons. The predicted octanol–water partition coefficient (Wildman–Crippen LogP) is 0.677. The van der Waals surface area contributed by atoms with E-state index in [1.807, 2.05) is 12.1 Å². The first-order valence-electron chi connectivity index (χ1n) is 4.03. The first kappa shape index (κ1) is 9.67. The number of carbonyl (C=O) groups is 1. The number of nitrogens with zero attached hydrogens (tertiary/aromatic N) is 1. The van der Waals surface area contributed by atoms with Gasteiger partial charge in [-0.2, -0.15) is 5.90 Å². The van der Waals surface area contributed by atoms with Crippen LogP contribution in [0, 0.1) is 5.92 Å². The summed E-state index contributed by atoms with van der Waals surface area (Å²) in [5, 5.41) is 0. The van der Waals surface area contributed by atoms with E-state index in [0.29, 0.717) is 6.42 Å². The zero-order valence-electron chi connectivity index (χ0n) is 7.43. The molecule has 0 aromatic carbocycles. The number of pyridine rings is 1. The van der Waals surface area contributed by atoms with E-state index >= 15 is 0 Å². The van der Waals surface area contributed by atoms with Crippen molar-refractivity contribution in [2.75, 3.05) is 0 Å². The maximum atomic E-state index is 10.9. The molecule has 1 aromatic heterocycles. The minimum atomic E-state index is -0.399. The first-order chi connectivity index (χ1) is 6.24. The van der Waals surface area contributed by atoms with Crippen molar-refractivity contribution in [3.8, 4) is 0 Å². The Labute approximate surface area is 76.7 Å². The highest BCUT2D eigenvalue weighted by Crippen LogP contribution is 2.07. The van der Waals surface area contributed by atoms with Crippen LogP contribution in [0.25, 0.3) is 0 Å². The van der Waals surface area contributed by atoms with Crippen molar-refractivity contribution in [2.45, 2.75) is 13.3 Å². The molecular formula is C9H12N2O2. The zero-order valence-corrected chi connectivity index (χ0v) is 7.43. The zero-order chi connectivity index (χ0) is 9.68. The Morgan fingerprint density at radius 2 is 2.54 bits per heavy atom. The number of nitrogens with two attached hydrogens (primary N) is 1. The second-order valence-corrected chi connectivity index (χ2v) is 2.90. The van der Waals surface area contributed by atoms with Crippen LogP contribution in [0.4, 0.5) is 0 Å². The van der Waals surface area contributed by atoms with Crippen LogP contribution in [0.2, 0.25) is 0 Å². The SMILES string of the molecule is CC(Cc1cccnc1)C(=O)ON. The summed E-state index contributed by atoms with van der Waals surface area (Å²) in [6, 6.07) is 3.74. The Kier molecular flexibility index (Phi) is 3.40. The summed E-state index contributed by atoms with van der Waals surface area (Å²) in [5.74, 6) is 4.13. The number of rotatable bonds is 3. The third-order valence-electron chi connectivity index (χ3n) is 1.78. The summed E-state index contributed by atoms with van der Waals surface area (Å²) in [5.41, 5.74) is 1.00. The molecule has 2 N–H and O–H groups in total. The van der Waals surface area contributed by atoms with Crippen molar-refractivity contribution in [2.24, 2.45) is 11.8 Å². The van der Waals surface area contributed by atoms with Gasteiger partial charge >= 0.3 is 5.97 Å². The van der Waals surface area contributed by atoms with E-state index in [9.17, 15) is 4.79 Å². The van der Waals surface area contributed by atoms with E-state index in [1.54, 1.807) is 19.3 Å². The average Bonchev–Trinajstić information content (AvgIpc) is 2.18. The van der Waals surface area contributed by atoms with Crippen LogP contribution in [0.5, 0.6) is 0 Å². The molecule has 0 bridgehead atoms. The standard InChI is InChI=1S/C9H12N2O2/c1-7(9(12)13-10)5-8-3-2-4-11-6-8/h2-4,6-7H,5,10H2,1H3. The van der Waals surface area contributed by atoms with Crippen molar-refractivity contribution in [3.05, 3.63) is 30.1 Å². The summed E-state index contributed by atoms with van der Waals surface area (Å²) in [6.07, 6.45) is 4.01. The Morgan fingerprint density at radius 3 is 3.08 bits per heavy atom. The molecule has 13 heavy (non-hydrogen) atoms. The molecule has 0 aliphatic carbocycles. The molecule has 4 nitrogen and oxygen atoms in total. The van der Waals surface area contributed by atoms with Crippen LogP contribution >= 0.6 is 0 Å². The van der Waals surface area contributed by atoms with Crippen LogP contribution < -0.4 is 5.90 Å². The highest BCUT2D eigenvalue weighted by molar-refractivity contribution is 5.71. The van der Waals surface area contributed by atoms with E-state index in [4.69, 9.17) is 5.90 Å². The van der Waals surface area contributed by atoms with Crippen LogP contribution in [-0.2, 0) is 16.1 Å². The Bertz CT molecular complexity index is 274. The Morgan fingerprint density at radius 1 is 1.77 bits per heavy atom. The quantitative estimate of drug-likeness (QED) is 0.694. The fourth-order valence-electron chi connectivity index (χ4n) is 1.07. The van der Waals surface area contributed by atoms with Crippen molar-refractivity contribution in [3.63, 3.8) is 0 Å². The van der Waals surface area contributed by atoms with E-state index in [0.717, 1.165) is 5.56 Å². The average molecular weight is 180 g/mol. The van der Waals surface area contributed by atoms with Gasteiger partial charge in [-0.25, -0.2) is 0 Å². The third-order valence-corrected chi connectivity index (χ3v) is 1.78. The minimum absolute atomic E-state index is 0.228. The molecule has 0 saturated carbocycles. The third kappa shape index (κ3) is 2.83. The van der Waals surface area contributed by atoms with Gasteiger partial charge in [-0.3, -0.25) is 9.78 Å². The molecular weight excluding hydrogens is 168 g/mol. The molecule has 0 aliphatic rings. The van der Waals surface area contributed by atoms with Crippen molar-refractivity contribution in [1.82, 2.24) is 4.98 Å². The van der Waals surface area contributed by atoms with Gasteiger partial charge in [-0.05, 0) is 18.1 Å². The van der Waals surface area contributed by atoms with Crippen molar-refractivity contribution < 1.29 is 9.63 Å². The molecule has 0 fully saturated rings. The molecule has 0 radical (unpaired) electrons. The van der Waals surface area contributed by atoms with Crippen LogP contribution in [0.1, 0.15) is 12.5 Å². The lowest BCUT2D eigenvalue weighted by Crippen LogP contribution is -2.20. The van der Waals surface area contributed by atoms with Gasteiger partial charge in [-0.1, -0.05) is 13.0 Å². The number of hydrogen-bond donors (Lipinski definition) is 1. The second-order valence-electron chi connectivity index (χ2n) is 2.90. The van der Waals surface area contributed by atoms with E-state index in [2.05, 4.69) is 9.82 Å². The summed E-state index contributed by atoms with van der Waals surface area (Å²) >= 11 is 0. The van der Waals surface area contributed by atoms with Crippen molar-refractivity contribution >= 4 is 5.97 Å². The lowest BCUT2D eigenvalue weighted by Gasteiger charge is -2.07. The number of aromatic nitrogens is 1. The maximum Gasteiger partial charge on any atom is 0.327 e. The van der Waals surface area contributed by atoms with Crippen LogP contribution in [0.15, 0.2) is 24.5 Å². The molecule has 0 saturated heterocycles. The molecule has 1 unspecified atom stereocenters. The smallest absolute Gasteiger partial charge is 0.327 e. The first-order valence-corrected chi connectivity index (χ1v) is 4.03. The minimum Gasteiger partial charge on any atom is -0.373 e. The lowest BCUT2D eigenvalue weighted by atomic mass is 10.0. The lowest BCUT2D eigenvalue weighted by molar-refractivity contribution is -0.148. The van der Waals surface area contributed by atoms with Gasteiger partial charge in [0.1, 0.15) is 0 Å². The fraction of sp³-hybridized carbons (Fsp3) is 0.333. The van der Waals surface area contributed by atoms with Crippen LogP contribution in [-0.4, -0.2) is 11.0 Å². The normalized spacial score (nSPS) is 12.2. The predicted molar refractivity (Wildman–Crippen MR) is 47.4 cm³/mol. The monoisotopic (exact) mass is 180 g/mol. The van der Waals surface area contributed by atoms with Gasteiger partial charge in [0.05, 0.1) is 5.92 Å². The highest BCUT2D eigenvalue weighted by Gasteiger charge is 2.13. The summed E-state index contributed by atoms with van der Waals surface area (Å²) in [4.78, 5) is 19.0. The largest absolute Gasteiger partial charge is 0.373 e. The topological polar surface area (TPSA) is 65.2 Å². The number of carbonyl (C=O) groups excluding carboxylic acids is 1. The highest BCUT2D eigenvalue weighted by atomic mass is 16.7. The number of hydrogen-bond acceptors (Lipinski definition) is 4. The molecule has 0 aliphatic heterocycles. The van der Waals surface area contributed by atoms with Crippen molar-refractivity contribution in [1.29, 1.82) is 0 Å². The second kappa shape index (κ2) is 4.57. The van der Waals surface area contributed by atoms with Gasteiger partial charge in [0.2, 0.25) is 0 Å². The van der Waals surface area contributed by atoms with E-state index < -0.39 is 5.97 Å². The molecule has 1 rings (SSSR count). The molecule has 1 aromatic rings. The van der Waals surface area contributed by atoms with E-state index in [-0.39, 0.29) is 5.92 Å². The van der Waals surface area contributed by atoms with Gasteiger partial charge < -0.3 is 4.84 Å². The van der Waals surface area contributed by atoms with Gasteiger partial charge in [0.15, 0.2) is 0 Å².